The van der Waals surface area contributed by atoms with Crippen LogP contribution in [0.2, 0.25) is 0 Å². The Morgan fingerprint density at radius 1 is 1.16 bits per heavy atom. The molecule has 1 fully saturated rings. The Labute approximate surface area is 186 Å². The van der Waals surface area contributed by atoms with Crippen LogP contribution in [0.4, 0.5) is 15.6 Å². The van der Waals surface area contributed by atoms with Gasteiger partial charge < -0.3 is 15.1 Å². The Kier molecular flexibility index (Phi) is 6.43. The third-order valence-corrected chi connectivity index (χ3v) is 6.05. The van der Waals surface area contributed by atoms with Gasteiger partial charge in [0.1, 0.15) is 5.82 Å². The molecule has 31 heavy (non-hydrogen) atoms. The minimum Gasteiger partial charge on any atom is -0.345 e. The highest BCUT2D eigenvalue weighted by molar-refractivity contribution is 7.09. The quantitative estimate of drug-likeness (QED) is 0.672. The summed E-state index contributed by atoms with van der Waals surface area (Å²) in [5, 5.41) is 12.8. The first kappa shape index (κ1) is 20.8. The van der Waals surface area contributed by atoms with Crippen LogP contribution in [0, 0.1) is 18.3 Å². The average Bonchev–Trinajstić information content (AvgIpc) is 3.10. The lowest BCUT2D eigenvalue weighted by atomic mass is 10.1. The van der Waals surface area contributed by atoms with Gasteiger partial charge in [0.05, 0.1) is 11.6 Å². The highest BCUT2D eigenvalue weighted by atomic mass is 32.1. The number of rotatable bonds is 4. The second kappa shape index (κ2) is 9.58. The first-order chi connectivity index (χ1) is 15.1. The molecule has 2 aromatic carbocycles. The SMILES string of the molecule is Cc1ccc(Cc2nsc(N3CCCN(C(=O)Nc4cccc(C#N)c4)CC3)n2)cc1. The van der Waals surface area contributed by atoms with E-state index in [-0.39, 0.29) is 6.03 Å². The van der Waals surface area contributed by atoms with Gasteiger partial charge in [0.2, 0.25) is 5.13 Å². The van der Waals surface area contributed by atoms with E-state index in [0.717, 1.165) is 30.3 Å². The molecule has 158 valence electrons. The van der Waals surface area contributed by atoms with E-state index in [4.69, 9.17) is 10.2 Å². The Balaban J connectivity index is 1.34. The van der Waals surface area contributed by atoms with Gasteiger partial charge in [-0.2, -0.15) is 9.64 Å². The van der Waals surface area contributed by atoms with Crippen molar-refractivity contribution in [2.75, 3.05) is 36.4 Å². The van der Waals surface area contributed by atoms with Crippen LogP contribution in [0.5, 0.6) is 0 Å². The Morgan fingerprint density at radius 2 is 2.00 bits per heavy atom. The molecule has 2 amide bonds. The van der Waals surface area contributed by atoms with Crippen LogP contribution in [0.1, 0.15) is 28.9 Å². The Morgan fingerprint density at radius 3 is 2.81 bits per heavy atom. The molecule has 7 nitrogen and oxygen atoms in total. The molecule has 1 aliphatic heterocycles. The third kappa shape index (κ3) is 5.38. The molecule has 0 saturated carbocycles. The lowest BCUT2D eigenvalue weighted by molar-refractivity contribution is 0.215. The maximum Gasteiger partial charge on any atom is 0.321 e. The molecule has 0 unspecified atom stereocenters. The van der Waals surface area contributed by atoms with Crippen molar-refractivity contribution in [3.8, 4) is 6.07 Å². The van der Waals surface area contributed by atoms with Crippen LogP contribution in [-0.2, 0) is 6.42 Å². The van der Waals surface area contributed by atoms with Crippen molar-refractivity contribution in [1.82, 2.24) is 14.3 Å². The summed E-state index contributed by atoms with van der Waals surface area (Å²) < 4.78 is 4.54. The van der Waals surface area contributed by atoms with Crippen LogP contribution in [-0.4, -0.2) is 46.5 Å². The monoisotopic (exact) mass is 432 g/mol. The zero-order valence-electron chi connectivity index (χ0n) is 17.4. The molecular formula is C23H24N6OS. The van der Waals surface area contributed by atoms with Crippen molar-refractivity contribution in [3.63, 3.8) is 0 Å². The fourth-order valence-corrected chi connectivity index (χ4v) is 4.25. The summed E-state index contributed by atoms with van der Waals surface area (Å²) in [6, 6.07) is 17.3. The number of carbonyl (C=O) groups excluding carboxylic acids is 1. The Bertz CT molecular complexity index is 1090. The van der Waals surface area contributed by atoms with Crippen LogP contribution in [0.25, 0.3) is 0 Å². The van der Waals surface area contributed by atoms with Crippen molar-refractivity contribution in [3.05, 3.63) is 71.0 Å². The number of aromatic nitrogens is 2. The van der Waals surface area contributed by atoms with E-state index in [1.807, 2.05) is 4.90 Å². The molecule has 0 spiro atoms. The number of nitrogens with zero attached hydrogens (tertiary/aromatic N) is 5. The minimum atomic E-state index is -0.144. The van der Waals surface area contributed by atoms with E-state index in [2.05, 4.69) is 51.8 Å². The van der Waals surface area contributed by atoms with Crippen molar-refractivity contribution < 1.29 is 4.79 Å². The largest absolute Gasteiger partial charge is 0.345 e. The van der Waals surface area contributed by atoms with Gasteiger partial charge in [-0.3, -0.25) is 0 Å². The van der Waals surface area contributed by atoms with Crippen molar-refractivity contribution in [1.29, 1.82) is 5.26 Å². The average molecular weight is 433 g/mol. The van der Waals surface area contributed by atoms with E-state index in [9.17, 15) is 4.79 Å². The van der Waals surface area contributed by atoms with Crippen molar-refractivity contribution in [2.24, 2.45) is 0 Å². The van der Waals surface area contributed by atoms with Gasteiger partial charge in [-0.05, 0) is 37.1 Å². The van der Waals surface area contributed by atoms with Crippen molar-refractivity contribution >= 4 is 28.4 Å². The summed E-state index contributed by atoms with van der Waals surface area (Å²) in [5.74, 6) is 0.833. The second-order valence-electron chi connectivity index (χ2n) is 7.61. The van der Waals surface area contributed by atoms with E-state index < -0.39 is 0 Å². The topological polar surface area (TPSA) is 85.2 Å². The third-order valence-electron chi connectivity index (χ3n) is 5.24. The van der Waals surface area contributed by atoms with Crippen LogP contribution < -0.4 is 10.2 Å². The lowest BCUT2D eigenvalue weighted by Gasteiger charge is -2.22. The molecule has 1 aromatic heterocycles. The number of hydrogen-bond acceptors (Lipinski definition) is 6. The molecule has 3 aromatic rings. The zero-order chi connectivity index (χ0) is 21.6. The number of nitrogens with one attached hydrogen (secondary N) is 1. The number of nitriles is 1. The predicted molar refractivity (Wildman–Crippen MR) is 122 cm³/mol. The molecule has 8 heteroatoms. The van der Waals surface area contributed by atoms with E-state index >= 15 is 0 Å². The number of hydrogen-bond donors (Lipinski definition) is 1. The first-order valence-corrected chi connectivity index (χ1v) is 11.1. The summed E-state index contributed by atoms with van der Waals surface area (Å²) >= 11 is 1.42. The lowest BCUT2D eigenvalue weighted by Crippen LogP contribution is -2.38. The summed E-state index contributed by atoms with van der Waals surface area (Å²) in [6.45, 7) is 4.92. The molecule has 0 bridgehead atoms. The van der Waals surface area contributed by atoms with Crippen LogP contribution in [0.3, 0.4) is 0 Å². The van der Waals surface area contributed by atoms with Gasteiger partial charge in [0, 0.05) is 49.8 Å². The molecule has 4 rings (SSSR count). The summed E-state index contributed by atoms with van der Waals surface area (Å²) in [4.78, 5) is 21.4. The molecule has 0 atom stereocenters. The first-order valence-electron chi connectivity index (χ1n) is 10.3. The standard InChI is InChI=1S/C23H24N6OS/c1-17-6-8-18(9-7-17)15-21-26-23(31-27-21)29-11-3-10-28(12-13-29)22(30)25-20-5-2-4-19(14-20)16-24/h2,4-9,14H,3,10-13,15H2,1H3,(H,25,30). The van der Waals surface area contributed by atoms with Crippen molar-refractivity contribution in [2.45, 2.75) is 19.8 Å². The molecule has 0 aliphatic carbocycles. The maximum atomic E-state index is 12.7. The number of benzene rings is 2. The van der Waals surface area contributed by atoms with Gasteiger partial charge in [0.15, 0.2) is 0 Å². The van der Waals surface area contributed by atoms with Gasteiger partial charge in [-0.15, -0.1) is 0 Å². The highest BCUT2D eigenvalue weighted by Crippen LogP contribution is 2.21. The number of aryl methyl sites for hydroxylation is 1. The second-order valence-corrected chi connectivity index (χ2v) is 8.34. The number of carbonyl (C=O) groups is 1. The zero-order valence-corrected chi connectivity index (χ0v) is 18.2. The fourth-order valence-electron chi connectivity index (χ4n) is 3.51. The molecule has 1 N–H and O–H groups in total. The summed E-state index contributed by atoms with van der Waals surface area (Å²) in [5.41, 5.74) is 3.60. The minimum absolute atomic E-state index is 0.144. The molecular weight excluding hydrogens is 408 g/mol. The van der Waals surface area contributed by atoms with Gasteiger partial charge in [-0.1, -0.05) is 35.9 Å². The van der Waals surface area contributed by atoms with E-state index in [1.165, 1.54) is 22.7 Å². The van der Waals surface area contributed by atoms with Gasteiger partial charge in [0.25, 0.3) is 0 Å². The Hall–Kier alpha value is -3.44. The predicted octanol–water partition coefficient (Wildman–Crippen LogP) is 4.05. The molecule has 1 saturated heterocycles. The number of anilines is 2. The van der Waals surface area contributed by atoms with E-state index in [1.54, 1.807) is 24.3 Å². The normalized spacial score (nSPS) is 14.1. The van der Waals surface area contributed by atoms with Crippen LogP contribution >= 0.6 is 11.5 Å². The molecule has 1 aliphatic rings. The van der Waals surface area contributed by atoms with Gasteiger partial charge >= 0.3 is 6.03 Å². The number of urea groups is 1. The summed E-state index contributed by atoms with van der Waals surface area (Å²) in [7, 11) is 0. The molecule has 2 heterocycles. The number of amides is 2. The van der Waals surface area contributed by atoms with Gasteiger partial charge in [-0.25, -0.2) is 9.78 Å². The summed E-state index contributed by atoms with van der Waals surface area (Å²) in [6.07, 6.45) is 1.58. The van der Waals surface area contributed by atoms with E-state index in [0.29, 0.717) is 30.9 Å². The maximum absolute atomic E-state index is 12.7. The van der Waals surface area contributed by atoms with Crippen LogP contribution in [0.15, 0.2) is 48.5 Å². The highest BCUT2D eigenvalue weighted by Gasteiger charge is 2.21. The fraction of sp³-hybridized carbons (Fsp3) is 0.304. The smallest absolute Gasteiger partial charge is 0.321 e. The molecule has 0 radical (unpaired) electrons.